The van der Waals surface area contributed by atoms with Crippen molar-refractivity contribution in [3.05, 3.63) is 28.8 Å². The quantitative estimate of drug-likeness (QED) is 0.732. The van der Waals surface area contributed by atoms with Gasteiger partial charge in [-0.1, -0.05) is 6.92 Å². The molecule has 1 amide bonds. The number of aryl methyl sites for hydroxylation is 1. The Morgan fingerprint density at radius 1 is 0.967 bits per heavy atom. The van der Waals surface area contributed by atoms with Crippen LogP contribution in [0.1, 0.15) is 60.5 Å². The molecule has 30 heavy (non-hydrogen) atoms. The van der Waals surface area contributed by atoms with Crippen LogP contribution in [0.3, 0.4) is 0 Å². The molecule has 1 aromatic rings. The van der Waals surface area contributed by atoms with Crippen LogP contribution in [-0.4, -0.2) is 73.7 Å². The first-order valence-corrected chi connectivity index (χ1v) is 12.9. The number of hydrogen-bond acceptors (Lipinski definition) is 4. The predicted octanol–water partition coefficient (Wildman–Crippen LogP) is 3.03. The number of nitrogens with zero attached hydrogens (tertiary/aromatic N) is 3. The van der Waals surface area contributed by atoms with Crippen molar-refractivity contribution < 1.29 is 13.2 Å². The minimum absolute atomic E-state index is 0.0384. The van der Waals surface area contributed by atoms with Gasteiger partial charge in [-0.25, -0.2) is 8.42 Å². The van der Waals surface area contributed by atoms with E-state index in [0.29, 0.717) is 35.5 Å². The molecule has 0 radical (unpaired) electrons. The fourth-order valence-electron chi connectivity index (χ4n) is 5.10. The maximum absolute atomic E-state index is 13.4. The second-order valence-electron chi connectivity index (χ2n) is 9.44. The van der Waals surface area contributed by atoms with Crippen LogP contribution in [0, 0.1) is 19.8 Å². The highest BCUT2D eigenvalue weighted by molar-refractivity contribution is 7.89. The van der Waals surface area contributed by atoms with Crippen molar-refractivity contribution in [3.63, 3.8) is 0 Å². The SMILES string of the molecule is Cc1cc(C(=O)N2CC[C@H](N3CCCC3)C2)cc(S(=O)(=O)N2CCC(C)CC2)c1C. The summed E-state index contributed by atoms with van der Waals surface area (Å²) < 4.78 is 28.4. The molecule has 3 fully saturated rings. The van der Waals surface area contributed by atoms with Gasteiger partial charge in [-0.3, -0.25) is 9.69 Å². The fourth-order valence-corrected chi connectivity index (χ4v) is 6.89. The highest BCUT2D eigenvalue weighted by Crippen LogP contribution is 2.29. The molecule has 0 N–H and O–H groups in total. The van der Waals surface area contributed by atoms with E-state index in [2.05, 4.69) is 11.8 Å². The minimum atomic E-state index is -3.59. The summed E-state index contributed by atoms with van der Waals surface area (Å²) in [4.78, 5) is 18.0. The molecule has 166 valence electrons. The zero-order chi connectivity index (χ0) is 21.5. The highest BCUT2D eigenvalue weighted by Gasteiger charge is 2.34. The maximum atomic E-state index is 13.4. The third kappa shape index (κ3) is 4.16. The molecule has 6 nitrogen and oxygen atoms in total. The number of amides is 1. The van der Waals surface area contributed by atoms with Gasteiger partial charge in [-0.2, -0.15) is 4.31 Å². The van der Waals surface area contributed by atoms with Crippen LogP contribution in [0.25, 0.3) is 0 Å². The molecule has 4 rings (SSSR count). The van der Waals surface area contributed by atoms with Crippen LogP contribution >= 0.6 is 0 Å². The summed E-state index contributed by atoms with van der Waals surface area (Å²) in [5.74, 6) is 0.523. The van der Waals surface area contributed by atoms with Gasteiger partial charge in [-0.15, -0.1) is 0 Å². The second-order valence-corrected chi connectivity index (χ2v) is 11.3. The Kier molecular flexibility index (Phi) is 6.24. The first kappa shape index (κ1) is 21.8. The second kappa shape index (κ2) is 8.60. The maximum Gasteiger partial charge on any atom is 0.253 e. The Bertz CT molecular complexity index is 901. The molecule has 0 bridgehead atoms. The smallest absolute Gasteiger partial charge is 0.253 e. The molecular formula is C23H35N3O3S. The Balaban J connectivity index is 1.56. The molecule has 1 aromatic carbocycles. The van der Waals surface area contributed by atoms with Gasteiger partial charge >= 0.3 is 0 Å². The zero-order valence-corrected chi connectivity index (χ0v) is 19.4. The van der Waals surface area contributed by atoms with Crippen molar-refractivity contribution >= 4 is 15.9 Å². The van der Waals surface area contributed by atoms with E-state index in [1.807, 2.05) is 24.8 Å². The Labute approximate surface area is 181 Å². The largest absolute Gasteiger partial charge is 0.337 e. The molecule has 0 unspecified atom stereocenters. The van der Waals surface area contributed by atoms with Gasteiger partial charge in [0.1, 0.15) is 0 Å². The molecule has 0 spiro atoms. The molecule has 3 heterocycles. The van der Waals surface area contributed by atoms with E-state index in [-0.39, 0.29) is 5.91 Å². The van der Waals surface area contributed by atoms with Gasteiger partial charge in [0, 0.05) is 37.8 Å². The van der Waals surface area contributed by atoms with E-state index < -0.39 is 10.0 Å². The molecule has 0 saturated carbocycles. The molecule has 0 aromatic heterocycles. The van der Waals surface area contributed by atoms with Gasteiger partial charge < -0.3 is 4.90 Å². The highest BCUT2D eigenvalue weighted by atomic mass is 32.2. The van der Waals surface area contributed by atoms with Gasteiger partial charge in [0.05, 0.1) is 4.90 Å². The summed E-state index contributed by atoms with van der Waals surface area (Å²) in [6.07, 6.45) is 5.28. The van der Waals surface area contributed by atoms with Crippen molar-refractivity contribution in [2.45, 2.75) is 63.8 Å². The minimum Gasteiger partial charge on any atom is -0.337 e. The fraction of sp³-hybridized carbons (Fsp3) is 0.696. The Hall–Kier alpha value is -1.44. The van der Waals surface area contributed by atoms with Crippen LogP contribution in [0.5, 0.6) is 0 Å². The van der Waals surface area contributed by atoms with E-state index in [0.717, 1.165) is 56.6 Å². The molecule has 1 atom stereocenters. The summed E-state index contributed by atoms with van der Waals surface area (Å²) in [6.45, 7) is 10.8. The average Bonchev–Trinajstić information content (AvgIpc) is 3.41. The number of carbonyl (C=O) groups excluding carboxylic acids is 1. The molecule has 3 aliphatic heterocycles. The lowest BCUT2D eigenvalue weighted by Crippen LogP contribution is -2.38. The lowest BCUT2D eigenvalue weighted by atomic mass is 10.0. The van der Waals surface area contributed by atoms with E-state index in [1.54, 1.807) is 10.4 Å². The first-order chi connectivity index (χ1) is 14.3. The number of benzene rings is 1. The Morgan fingerprint density at radius 3 is 2.30 bits per heavy atom. The summed E-state index contributed by atoms with van der Waals surface area (Å²) in [6, 6.07) is 3.93. The average molecular weight is 434 g/mol. The summed E-state index contributed by atoms with van der Waals surface area (Å²) in [5.41, 5.74) is 2.12. The van der Waals surface area contributed by atoms with Crippen LogP contribution < -0.4 is 0 Å². The van der Waals surface area contributed by atoms with E-state index in [1.165, 1.54) is 12.8 Å². The van der Waals surface area contributed by atoms with Gasteiger partial charge in [0.2, 0.25) is 10.0 Å². The number of rotatable bonds is 4. The number of piperidine rings is 1. The van der Waals surface area contributed by atoms with Crippen LogP contribution in [-0.2, 0) is 10.0 Å². The Morgan fingerprint density at radius 2 is 1.63 bits per heavy atom. The van der Waals surface area contributed by atoms with Gasteiger partial charge in [-0.05, 0) is 88.2 Å². The van der Waals surface area contributed by atoms with Crippen molar-refractivity contribution in [2.24, 2.45) is 5.92 Å². The number of likely N-dealkylation sites (tertiary alicyclic amines) is 2. The van der Waals surface area contributed by atoms with Crippen LogP contribution in [0.15, 0.2) is 17.0 Å². The van der Waals surface area contributed by atoms with E-state index in [9.17, 15) is 13.2 Å². The summed E-state index contributed by atoms with van der Waals surface area (Å²) in [5, 5.41) is 0. The monoisotopic (exact) mass is 433 g/mol. The lowest BCUT2D eigenvalue weighted by Gasteiger charge is -2.30. The molecule has 3 saturated heterocycles. The molecule has 7 heteroatoms. The van der Waals surface area contributed by atoms with Crippen LogP contribution in [0.2, 0.25) is 0 Å². The lowest BCUT2D eigenvalue weighted by molar-refractivity contribution is 0.0779. The topological polar surface area (TPSA) is 60.9 Å². The summed E-state index contributed by atoms with van der Waals surface area (Å²) >= 11 is 0. The first-order valence-electron chi connectivity index (χ1n) is 11.4. The van der Waals surface area contributed by atoms with E-state index >= 15 is 0 Å². The number of hydrogen-bond donors (Lipinski definition) is 0. The zero-order valence-electron chi connectivity index (χ0n) is 18.6. The third-order valence-corrected chi connectivity index (χ3v) is 9.36. The summed E-state index contributed by atoms with van der Waals surface area (Å²) in [7, 11) is -3.59. The van der Waals surface area contributed by atoms with Crippen molar-refractivity contribution in [2.75, 3.05) is 39.3 Å². The predicted molar refractivity (Wildman–Crippen MR) is 118 cm³/mol. The normalized spacial score (nSPS) is 24.6. The van der Waals surface area contributed by atoms with Gasteiger partial charge in [0.25, 0.3) is 5.91 Å². The van der Waals surface area contributed by atoms with Crippen molar-refractivity contribution in [3.8, 4) is 0 Å². The van der Waals surface area contributed by atoms with Crippen molar-refractivity contribution in [1.29, 1.82) is 0 Å². The number of sulfonamides is 1. The third-order valence-electron chi connectivity index (χ3n) is 7.33. The number of carbonyl (C=O) groups is 1. The van der Waals surface area contributed by atoms with E-state index in [4.69, 9.17) is 0 Å². The molecule has 0 aliphatic carbocycles. The van der Waals surface area contributed by atoms with Gasteiger partial charge in [0.15, 0.2) is 0 Å². The van der Waals surface area contributed by atoms with Crippen LogP contribution in [0.4, 0.5) is 0 Å². The molecule has 3 aliphatic rings. The molecular weight excluding hydrogens is 398 g/mol. The standard InChI is InChI=1S/C23H35N3O3S/c1-17-6-12-26(13-7-17)30(28,29)22-15-20(14-18(2)19(22)3)23(27)25-11-8-21(16-25)24-9-4-5-10-24/h14-15,17,21H,4-13,16H2,1-3H3/t21-/m0/s1. The van der Waals surface area contributed by atoms with Crippen molar-refractivity contribution in [1.82, 2.24) is 14.1 Å².